The normalized spacial score (nSPS) is 19.9. The lowest BCUT2D eigenvalue weighted by Gasteiger charge is -2.41. The minimum Gasteiger partial charge on any atom is -0.330 e. The first-order valence-electron chi connectivity index (χ1n) is 9.29. The number of ketones is 1. The minimum atomic E-state index is -0.409. The molecule has 4 heteroatoms. The van der Waals surface area contributed by atoms with Crippen LogP contribution in [0.2, 0.25) is 5.02 Å². The van der Waals surface area contributed by atoms with Gasteiger partial charge in [0.1, 0.15) is 0 Å². The zero-order valence-electron chi connectivity index (χ0n) is 14.2. The highest BCUT2D eigenvalue weighted by atomic mass is 35.5. The minimum absolute atomic E-state index is 0.234. The highest BCUT2D eigenvalue weighted by Crippen LogP contribution is 2.31. The van der Waals surface area contributed by atoms with Crippen LogP contribution in [0.1, 0.15) is 74.6 Å². The van der Waals surface area contributed by atoms with Gasteiger partial charge in [0, 0.05) is 22.7 Å². The van der Waals surface area contributed by atoms with Crippen molar-refractivity contribution in [3.8, 4) is 0 Å². The van der Waals surface area contributed by atoms with Crippen molar-refractivity contribution < 1.29 is 9.59 Å². The van der Waals surface area contributed by atoms with E-state index in [0.29, 0.717) is 10.6 Å². The van der Waals surface area contributed by atoms with Crippen molar-refractivity contribution in [2.45, 2.75) is 76.3 Å². The SMILES string of the molecule is O=C(C(=O)N(C1CCCCC1)C1CCCCC1)c1cccc(Cl)c1. The van der Waals surface area contributed by atoms with Gasteiger partial charge in [0.25, 0.3) is 5.91 Å². The summed E-state index contributed by atoms with van der Waals surface area (Å²) in [6.45, 7) is 0. The molecule has 0 saturated heterocycles. The van der Waals surface area contributed by atoms with Crippen molar-refractivity contribution in [1.29, 1.82) is 0 Å². The van der Waals surface area contributed by atoms with Gasteiger partial charge < -0.3 is 4.90 Å². The van der Waals surface area contributed by atoms with E-state index in [-0.39, 0.29) is 18.0 Å². The summed E-state index contributed by atoms with van der Waals surface area (Å²) in [6, 6.07) is 7.21. The summed E-state index contributed by atoms with van der Waals surface area (Å²) in [7, 11) is 0. The maximum absolute atomic E-state index is 13.1. The molecule has 0 N–H and O–H groups in total. The number of nitrogens with zero attached hydrogens (tertiary/aromatic N) is 1. The van der Waals surface area contributed by atoms with Gasteiger partial charge in [-0.2, -0.15) is 0 Å². The summed E-state index contributed by atoms with van der Waals surface area (Å²) in [5.41, 5.74) is 0.407. The molecule has 3 nitrogen and oxygen atoms in total. The van der Waals surface area contributed by atoms with E-state index in [1.54, 1.807) is 24.3 Å². The van der Waals surface area contributed by atoms with Crippen LogP contribution in [0.4, 0.5) is 0 Å². The van der Waals surface area contributed by atoms with Crippen molar-refractivity contribution in [2.24, 2.45) is 0 Å². The van der Waals surface area contributed by atoms with E-state index in [9.17, 15) is 9.59 Å². The number of hydrogen-bond acceptors (Lipinski definition) is 2. The van der Waals surface area contributed by atoms with Crippen molar-refractivity contribution in [2.75, 3.05) is 0 Å². The number of halogens is 1. The van der Waals surface area contributed by atoms with Gasteiger partial charge in [-0.1, -0.05) is 62.3 Å². The van der Waals surface area contributed by atoms with Gasteiger partial charge in [0.15, 0.2) is 0 Å². The molecule has 2 fully saturated rings. The molecule has 2 saturated carbocycles. The number of carbonyl (C=O) groups is 2. The van der Waals surface area contributed by atoms with Crippen molar-refractivity contribution in [1.82, 2.24) is 4.90 Å². The van der Waals surface area contributed by atoms with Gasteiger partial charge >= 0.3 is 0 Å². The topological polar surface area (TPSA) is 37.4 Å². The van der Waals surface area contributed by atoms with Crippen LogP contribution in [0, 0.1) is 0 Å². The predicted octanol–water partition coefficient (Wildman–Crippen LogP) is 5.02. The molecule has 130 valence electrons. The highest BCUT2D eigenvalue weighted by molar-refractivity contribution is 6.43. The van der Waals surface area contributed by atoms with Crippen molar-refractivity contribution in [3.63, 3.8) is 0 Å². The second-order valence-corrected chi connectivity index (χ2v) is 7.57. The van der Waals surface area contributed by atoms with Crippen molar-refractivity contribution in [3.05, 3.63) is 34.9 Å². The molecule has 3 rings (SSSR count). The Morgan fingerprint density at radius 1 is 0.875 bits per heavy atom. The number of benzene rings is 1. The number of Topliss-reactive ketones (excluding diaryl/α,β-unsaturated/α-hetero) is 1. The summed E-state index contributed by atoms with van der Waals surface area (Å²) < 4.78 is 0. The summed E-state index contributed by atoms with van der Waals surface area (Å²) in [4.78, 5) is 27.8. The van der Waals surface area contributed by atoms with Gasteiger partial charge in [-0.05, 0) is 37.8 Å². The van der Waals surface area contributed by atoms with Gasteiger partial charge in [0.05, 0.1) is 0 Å². The number of amides is 1. The van der Waals surface area contributed by atoms with E-state index in [2.05, 4.69) is 0 Å². The summed E-state index contributed by atoms with van der Waals surface area (Å²) in [5, 5.41) is 0.496. The largest absolute Gasteiger partial charge is 0.330 e. The second kappa shape index (κ2) is 8.15. The van der Waals surface area contributed by atoms with Crippen LogP contribution < -0.4 is 0 Å². The van der Waals surface area contributed by atoms with E-state index in [1.807, 2.05) is 4.90 Å². The maximum atomic E-state index is 13.1. The first-order valence-corrected chi connectivity index (χ1v) is 9.67. The Labute approximate surface area is 149 Å². The molecule has 0 bridgehead atoms. The molecule has 0 radical (unpaired) electrons. The van der Waals surface area contributed by atoms with Crippen LogP contribution in [-0.2, 0) is 4.79 Å². The summed E-state index contributed by atoms with van der Waals surface area (Å²) in [5.74, 6) is -0.732. The van der Waals surface area contributed by atoms with Crippen LogP contribution in [0.15, 0.2) is 24.3 Å². The van der Waals surface area contributed by atoms with Crippen LogP contribution in [0.25, 0.3) is 0 Å². The first-order chi connectivity index (χ1) is 11.7. The Balaban J connectivity index is 1.82. The van der Waals surface area contributed by atoms with Crippen LogP contribution in [-0.4, -0.2) is 28.7 Å². The van der Waals surface area contributed by atoms with Gasteiger partial charge in [0.2, 0.25) is 5.78 Å². The smallest absolute Gasteiger partial charge is 0.295 e. The lowest BCUT2D eigenvalue weighted by molar-refractivity contribution is -0.132. The average molecular weight is 348 g/mol. The fraction of sp³-hybridized carbons (Fsp3) is 0.600. The van der Waals surface area contributed by atoms with E-state index >= 15 is 0 Å². The average Bonchev–Trinajstić information content (AvgIpc) is 2.63. The predicted molar refractivity (Wildman–Crippen MR) is 96.4 cm³/mol. The molecule has 24 heavy (non-hydrogen) atoms. The molecule has 1 amide bonds. The van der Waals surface area contributed by atoms with Gasteiger partial charge in [-0.15, -0.1) is 0 Å². The quantitative estimate of drug-likeness (QED) is 0.566. The molecule has 2 aliphatic carbocycles. The Morgan fingerprint density at radius 3 is 1.92 bits per heavy atom. The Bertz CT molecular complexity index is 571. The molecule has 0 atom stereocenters. The van der Waals surface area contributed by atoms with Gasteiger partial charge in [-0.25, -0.2) is 0 Å². The Kier molecular flexibility index (Phi) is 5.94. The number of rotatable bonds is 4. The molecule has 0 aromatic heterocycles. The molecule has 2 aliphatic rings. The first kappa shape index (κ1) is 17.5. The van der Waals surface area contributed by atoms with E-state index < -0.39 is 5.78 Å². The standard InChI is InChI=1S/C20H26ClNO2/c21-16-9-7-8-15(14-16)19(23)20(24)22(17-10-3-1-4-11-17)18-12-5-2-6-13-18/h7-9,14,17-18H,1-6,10-13H2. The summed E-state index contributed by atoms with van der Waals surface area (Å²) in [6.07, 6.45) is 11.3. The van der Waals surface area contributed by atoms with Gasteiger partial charge in [-0.3, -0.25) is 9.59 Å². The lowest BCUT2D eigenvalue weighted by Crippen LogP contribution is -2.51. The van der Waals surface area contributed by atoms with Crippen LogP contribution in [0.5, 0.6) is 0 Å². The molecule has 1 aromatic rings. The highest BCUT2D eigenvalue weighted by Gasteiger charge is 2.35. The third-order valence-corrected chi connectivity index (χ3v) is 5.69. The number of hydrogen-bond donors (Lipinski definition) is 0. The molecule has 1 aromatic carbocycles. The molecular formula is C20H26ClNO2. The molecular weight excluding hydrogens is 322 g/mol. The van der Waals surface area contributed by atoms with Crippen LogP contribution >= 0.6 is 11.6 Å². The molecule has 0 heterocycles. The lowest BCUT2D eigenvalue weighted by atomic mass is 9.88. The van der Waals surface area contributed by atoms with E-state index in [0.717, 1.165) is 51.4 Å². The third-order valence-electron chi connectivity index (χ3n) is 5.45. The fourth-order valence-corrected chi connectivity index (χ4v) is 4.41. The Hall–Kier alpha value is -1.35. The monoisotopic (exact) mass is 347 g/mol. The molecule has 0 spiro atoms. The summed E-state index contributed by atoms with van der Waals surface area (Å²) >= 11 is 5.99. The zero-order chi connectivity index (χ0) is 16.9. The van der Waals surface area contributed by atoms with E-state index in [4.69, 9.17) is 11.6 Å². The van der Waals surface area contributed by atoms with Crippen molar-refractivity contribution >= 4 is 23.3 Å². The Morgan fingerprint density at radius 2 is 1.42 bits per heavy atom. The second-order valence-electron chi connectivity index (χ2n) is 7.14. The van der Waals surface area contributed by atoms with Crippen LogP contribution in [0.3, 0.4) is 0 Å². The molecule has 0 aliphatic heterocycles. The number of carbonyl (C=O) groups excluding carboxylic acids is 2. The molecule has 0 unspecified atom stereocenters. The maximum Gasteiger partial charge on any atom is 0.295 e. The zero-order valence-corrected chi connectivity index (χ0v) is 14.9. The van der Waals surface area contributed by atoms with E-state index in [1.165, 1.54) is 12.8 Å². The third kappa shape index (κ3) is 4.00. The fourth-order valence-electron chi connectivity index (χ4n) is 4.22.